The highest BCUT2D eigenvalue weighted by molar-refractivity contribution is 5.90. The molecule has 0 amide bonds. The van der Waals surface area contributed by atoms with Gasteiger partial charge in [-0.2, -0.15) is 0 Å². The molecule has 0 aliphatic carbocycles. The van der Waals surface area contributed by atoms with E-state index in [-0.39, 0.29) is 95.3 Å². The van der Waals surface area contributed by atoms with E-state index in [1.807, 2.05) is 76.2 Å². The zero-order chi connectivity index (χ0) is 71.1. The van der Waals surface area contributed by atoms with Gasteiger partial charge in [0.05, 0.1) is 48.6 Å². The van der Waals surface area contributed by atoms with Crippen LogP contribution in [0.5, 0.6) is 0 Å². The van der Waals surface area contributed by atoms with E-state index < -0.39 is 53.2 Å². The van der Waals surface area contributed by atoms with Crippen LogP contribution in [0.25, 0.3) is 11.1 Å². The molecular formula is C79H92N2O16. The summed E-state index contributed by atoms with van der Waals surface area (Å²) in [4.78, 5) is 105. The van der Waals surface area contributed by atoms with Crippen molar-refractivity contribution in [3.8, 4) is 11.1 Å². The van der Waals surface area contributed by atoms with Gasteiger partial charge in [0.15, 0.2) is 0 Å². The molecular weight excluding hydrogens is 1230 g/mol. The average molecular weight is 1330 g/mol. The minimum atomic E-state index is -0.987. The van der Waals surface area contributed by atoms with Crippen LogP contribution in [0.4, 0.5) is 34.1 Å². The van der Waals surface area contributed by atoms with Gasteiger partial charge in [0.25, 0.3) is 0 Å². The van der Waals surface area contributed by atoms with Crippen molar-refractivity contribution >= 4 is 81.9 Å². The van der Waals surface area contributed by atoms with Gasteiger partial charge in [0, 0.05) is 59.8 Å². The lowest BCUT2D eigenvalue weighted by Gasteiger charge is -2.29. The lowest BCUT2D eigenvalue weighted by atomic mass is 9.95. The Kier molecular flexibility index (Phi) is 28.3. The third-order valence-electron chi connectivity index (χ3n) is 16.3. The summed E-state index contributed by atoms with van der Waals surface area (Å²) in [6, 6.07) is 37.2. The van der Waals surface area contributed by atoms with Gasteiger partial charge in [-0.05, 0) is 248 Å². The van der Waals surface area contributed by atoms with Crippen molar-refractivity contribution < 1.29 is 76.3 Å². The maximum absolute atomic E-state index is 13.0. The molecule has 6 aromatic carbocycles. The minimum absolute atomic E-state index is 0.0578. The van der Waals surface area contributed by atoms with Gasteiger partial charge in [-0.1, -0.05) is 56.1 Å². The largest absolute Gasteiger partial charge is 0.465 e. The fraction of sp³-hybridized carbons (Fsp3) is 0.367. The van der Waals surface area contributed by atoms with Gasteiger partial charge in [-0.25, -0.2) is 14.4 Å². The van der Waals surface area contributed by atoms with Crippen LogP contribution < -0.4 is 9.80 Å². The van der Waals surface area contributed by atoms with Gasteiger partial charge < -0.3 is 47.7 Å². The monoisotopic (exact) mass is 1320 g/mol. The number of anilines is 6. The molecule has 0 unspecified atom stereocenters. The summed E-state index contributed by atoms with van der Waals surface area (Å²) < 4.78 is 41.7. The molecule has 0 fully saturated rings. The normalized spacial score (nSPS) is 11.0. The van der Waals surface area contributed by atoms with E-state index in [1.54, 1.807) is 41.5 Å². The number of aryl methyl sites for hydroxylation is 10. The van der Waals surface area contributed by atoms with Gasteiger partial charge in [-0.3, -0.25) is 24.0 Å². The van der Waals surface area contributed by atoms with Gasteiger partial charge >= 0.3 is 47.8 Å². The molecule has 18 heteroatoms. The molecule has 0 saturated carbocycles. The number of nitrogens with zero attached hydrogens (tertiary/aromatic N) is 2. The van der Waals surface area contributed by atoms with Crippen molar-refractivity contribution in [2.75, 3.05) is 62.7 Å². The predicted octanol–water partition coefficient (Wildman–Crippen LogP) is 15.0. The van der Waals surface area contributed by atoms with E-state index in [1.165, 1.54) is 0 Å². The molecule has 0 aromatic heterocycles. The van der Waals surface area contributed by atoms with E-state index in [9.17, 15) is 38.4 Å². The Morgan fingerprint density at radius 1 is 0.351 bits per heavy atom. The second-order valence-electron chi connectivity index (χ2n) is 24.3. The van der Waals surface area contributed by atoms with Crippen LogP contribution in [0.1, 0.15) is 123 Å². The molecule has 0 heterocycles. The molecule has 0 aliphatic rings. The number of carbonyl (C=O) groups excluding carboxylic acids is 8. The third kappa shape index (κ3) is 21.7. The Labute approximate surface area is 570 Å². The Bertz CT molecular complexity index is 3810. The molecule has 514 valence electrons. The average Bonchev–Trinajstić information content (AvgIpc) is 0.784. The molecule has 18 nitrogen and oxygen atoms in total. The highest BCUT2D eigenvalue weighted by Gasteiger charge is 2.31. The summed E-state index contributed by atoms with van der Waals surface area (Å²) in [5.41, 5.74) is 15.9. The predicted molar refractivity (Wildman–Crippen MR) is 375 cm³/mol. The first kappa shape index (κ1) is 75.9. The number of hydrogen-bond donors (Lipinski definition) is 0. The van der Waals surface area contributed by atoms with E-state index in [2.05, 4.69) is 104 Å². The quantitative estimate of drug-likeness (QED) is 0.0205. The minimum Gasteiger partial charge on any atom is -0.465 e. The summed E-state index contributed by atoms with van der Waals surface area (Å²) in [6.07, 6.45) is 1.96. The highest BCUT2D eigenvalue weighted by Crippen LogP contribution is 2.43. The van der Waals surface area contributed by atoms with E-state index in [0.717, 1.165) is 101 Å². The van der Waals surface area contributed by atoms with Crippen LogP contribution in [0.2, 0.25) is 0 Å². The number of esters is 8. The molecule has 0 atom stereocenters. The molecule has 0 bridgehead atoms. The van der Waals surface area contributed by atoms with Crippen molar-refractivity contribution in [3.05, 3.63) is 201 Å². The molecule has 6 rings (SSSR count). The van der Waals surface area contributed by atoms with E-state index in [4.69, 9.17) is 37.9 Å². The van der Waals surface area contributed by atoms with Crippen LogP contribution in [0.3, 0.4) is 0 Å². The van der Waals surface area contributed by atoms with Gasteiger partial charge in [0.2, 0.25) is 0 Å². The Hall–Kier alpha value is -10.1. The number of hydrogen-bond acceptors (Lipinski definition) is 18. The first-order valence-electron chi connectivity index (χ1n) is 32.7. The van der Waals surface area contributed by atoms with Gasteiger partial charge in [-0.15, -0.1) is 0 Å². The SMILES string of the molecule is C=C(COC(=O)CCc1ccc(N(c2ccc(CCC(=O)OCC(=C)C(=O)OCC)c(C)c2)c2ccc(-c3ccc(N(c4ccc(CCC(=O)OCC(=C)C(=O)OCC)c(C)c4)c4ccc(CCC(=O)OCC(C)(C)C(=O)OCC)c(C)c4)c(C)c3)cc2C)cc1C)C(=O)OCC. The molecule has 0 aliphatic heterocycles. The molecule has 6 aromatic rings. The van der Waals surface area contributed by atoms with Crippen molar-refractivity contribution in [1.29, 1.82) is 0 Å². The van der Waals surface area contributed by atoms with E-state index >= 15 is 0 Å². The Balaban J connectivity index is 1.32. The first-order chi connectivity index (χ1) is 46.2. The molecule has 0 radical (unpaired) electrons. The first-order valence-corrected chi connectivity index (χ1v) is 32.7. The van der Waals surface area contributed by atoms with E-state index in [0.29, 0.717) is 25.7 Å². The fourth-order valence-corrected chi connectivity index (χ4v) is 10.7. The third-order valence-corrected chi connectivity index (χ3v) is 16.3. The molecule has 0 N–H and O–H groups in total. The molecule has 0 saturated heterocycles. The van der Waals surface area contributed by atoms with Crippen molar-refractivity contribution in [2.24, 2.45) is 5.41 Å². The Morgan fingerprint density at radius 2 is 0.629 bits per heavy atom. The summed E-state index contributed by atoms with van der Waals surface area (Å²) in [6.45, 7) is 33.3. The topological polar surface area (TPSA) is 217 Å². The summed E-state index contributed by atoms with van der Waals surface area (Å²) in [7, 11) is 0. The standard InChI is InChI=1S/C79H92N2O16/c1-16-90-75(86)56(11)46-94-71(82)36-26-59-20-30-65(42-50(59)5)80(66-31-21-60(51(6)43-66)27-37-72(83)95-47-57(12)76(87)91-17-2)69-34-24-63(40-54(69)9)64-25-35-70(55(10)41-64)81(67-32-22-61(52(7)44-67)28-38-73(84)96-48-58(13)77(88)92-18-3)68-33-23-62(53(8)45-68)29-39-74(85)97-49-79(14,15)78(89)93-19-4/h20-25,30-35,40-45H,11-13,16-19,26-29,36-39,46-49H2,1-10,14-15H3. The fourth-order valence-electron chi connectivity index (χ4n) is 10.7. The van der Waals surface area contributed by atoms with Crippen LogP contribution in [-0.4, -0.2) is 101 Å². The Morgan fingerprint density at radius 3 is 0.887 bits per heavy atom. The van der Waals surface area contributed by atoms with Crippen molar-refractivity contribution in [1.82, 2.24) is 0 Å². The summed E-state index contributed by atoms with van der Waals surface area (Å²) in [5, 5.41) is 0. The second kappa shape index (κ2) is 36.1. The summed E-state index contributed by atoms with van der Waals surface area (Å²) >= 11 is 0. The van der Waals surface area contributed by atoms with Crippen LogP contribution in [0, 0.1) is 47.0 Å². The lowest BCUT2D eigenvalue weighted by Crippen LogP contribution is -2.32. The number of rotatable bonds is 35. The number of ether oxygens (including phenoxy) is 8. The number of carbonyl (C=O) groups is 8. The van der Waals surface area contributed by atoms with Crippen LogP contribution >= 0.6 is 0 Å². The maximum atomic E-state index is 13.0. The molecule has 97 heavy (non-hydrogen) atoms. The number of benzene rings is 6. The van der Waals surface area contributed by atoms with Gasteiger partial charge in [0.1, 0.15) is 26.4 Å². The zero-order valence-electron chi connectivity index (χ0n) is 58.3. The highest BCUT2D eigenvalue weighted by atomic mass is 16.6. The van der Waals surface area contributed by atoms with Crippen molar-refractivity contribution in [2.45, 2.75) is 134 Å². The summed E-state index contributed by atoms with van der Waals surface area (Å²) in [5.74, 6) is -4.11. The zero-order valence-corrected chi connectivity index (χ0v) is 58.3. The lowest BCUT2D eigenvalue weighted by molar-refractivity contribution is -0.161. The van der Waals surface area contributed by atoms with Crippen molar-refractivity contribution in [3.63, 3.8) is 0 Å². The smallest absolute Gasteiger partial charge is 0.336 e. The van der Waals surface area contributed by atoms with Crippen LogP contribution in [-0.2, 0) is 102 Å². The molecule has 0 spiro atoms. The van der Waals surface area contributed by atoms with Crippen LogP contribution in [0.15, 0.2) is 146 Å². The maximum Gasteiger partial charge on any atom is 0.336 e. The second-order valence-corrected chi connectivity index (χ2v) is 24.3.